The minimum atomic E-state index is 0.984. The van der Waals surface area contributed by atoms with Gasteiger partial charge in [0.15, 0.2) is 0 Å². The van der Waals surface area contributed by atoms with Gasteiger partial charge in [0.25, 0.3) is 0 Å². The van der Waals surface area contributed by atoms with Crippen LogP contribution in [0, 0.1) is 6.92 Å². The third-order valence-corrected chi connectivity index (χ3v) is 1.74. The van der Waals surface area contributed by atoms with Crippen molar-refractivity contribution in [1.82, 2.24) is 4.98 Å². The molecule has 0 atom stereocenters. The highest BCUT2D eigenvalue weighted by Gasteiger charge is 1.95. The Morgan fingerprint density at radius 2 is 2.00 bits per heavy atom. The van der Waals surface area contributed by atoms with Crippen LogP contribution in [0.2, 0.25) is 0 Å². The fourth-order valence-electron chi connectivity index (χ4n) is 1.01. The van der Waals surface area contributed by atoms with E-state index >= 15 is 0 Å². The highest BCUT2D eigenvalue weighted by Crippen LogP contribution is 2.12. The summed E-state index contributed by atoms with van der Waals surface area (Å²) in [6.45, 7) is 13.7. The summed E-state index contributed by atoms with van der Waals surface area (Å²) < 4.78 is 0. The van der Waals surface area contributed by atoms with Crippen molar-refractivity contribution in [2.75, 3.05) is 0 Å². The van der Waals surface area contributed by atoms with E-state index in [4.69, 9.17) is 0 Å². The number of aromatic nitrogens is 1. The Kier molecular flexibility index (Phi) is 6.04. The summed E-state index contributed by atoms with van der Waals surface area (Å²) in [7, 11) is 0. The van der Waals surface area contributed by atoms with E-state index < -0.39 is 0 Å². The average molecular weight is 187 g/mol. The number of pyridine rings is 1. The molecular formula is C13H17N. The lowest BCUT2D eigenvalue weighted by atomic mass is 10.1. The van der Waals surface area contributed by atoms with Crippen LogP contribution in [0.15, 0.2) is 50.2 Å². The van der Waals surface area contributed by atoms with Gasteiger partial charge in [-0.05, 0) is 31.1 Å². The lowest BCUT2D eigenvalue weighted by molar-refractivity contribution is 1.23. The molecule has 74 valence electrons. The van der Waals surface area contributed by atoms with Crippen LogP contribution in [0.4, 0.5) is 0 Å². The fraction of sp³-hybridized carbons (Fsp3) is 0.154. The summed E-state index contributed by atoms with van der Waals surface area (Å²) in [5.74, 6) is 0. The molecule has 1 nitrogen and oxygen atoms in total. The molecule has 1 heterocycles. The maximum atomic E-state index is 4.28. The molecule has 0 saturated carbocycles. The van der Waals surface area contributed by atoms with Crippen molar-refractivity contribution in [3.63, 3.8) is 0 Å². The largest absolute Gasteiger partial charge is 0.256 e. The van der Waals surface area contributed by atoms with Gasteiger partial charge in [-0.1, -0.05) is 24.8 Å². The molecule has 0 bridgehead atoms. The van der Waals surface area contributed by atoms with Crippen LogP contribution in [0.1, 0.15) is 18.2 Å². The zero-order chi connectivity index (χ0) is 11.0. The predicted octanol–water partition coefficient (Wildman–Crippen LogP) is 3.78. The smallest absolute Gasteiger partial charge is 0.0698 e. The number of nitrogens with zero attached hydrogens (tertiary/aromatic N) is 1. The summed E-state index contributed by atoms with van der Waals surface area (Å²) in [6.07, 6.45) is 5.69. The quantitative estimate of drug-likeness (QED) is 0.507. The lowest BCUT2D eigenvalue weighted by Gasteiger charge is -1.99. The maximum Gasteiger partial charge on any atom is 0.0698 e. The molecule has 1 aromatic heterocycles. The Morgan fingerprint density at radius 1 is 1.36 bits per heavy atom. The van der Waals surface area contributed by atoms with Crippen molar-refractivity contribution in [1.29, 1.82) is 0 Å². The fourth-order valence-corrected chi connectivity index (χ4v) is 1.01. The van der Waals surface area contributed by atoms with Gasteiger partial charge in [0.1, 0.15) is 0 Å². The van der Waals surface area contributed by atoms with Gasteiger partial charge in [-0.15, -0.1) is 13.2 Å². The molecule has 1 rings (SSSR count). The molecule has 0 spiro atoms. The molecule has 1 aromatic rings. The number of allylic oxidation sites excluding steroid dienone is 3. The van der Waals surface area contributed by atoms with Crippen LogP contribution < -0.4 is 0 Å². The molecule has 0 aliphatic carbocycles. The van der Waals surface area contributed by atoms with Crippen LogP contribution in [0.5, 0.6) is 0 Å². The van der Waals surface area contributed by atoms with Gasteiger partial charge < -0.3 is 0 Å². The molecule has 0 unspecified atom stereocenters. The third-order valence-electron chi connectivity index (χ3n) is 1.74. The van der Waals surface area contributed by atoms with Crippen molar-refractivity contribution in [3.05, 3.63) is 61.5 Å². The van der Waals surface area contributed by atoms with Crippen LogP contribution in [-0.4, -0.2) is 4.98 Å². The summed E-state index contributed by atoms with van der Waals surface area (Å²) in [6, 6.07) is 4.06. The Balaban J connectivity index is 0.000000791. The van der Waals surface area contributed by atoms with E-state index in [0.717, 1.165) is 11.3 Å². The van der Waals surface area contributed by atoms with Gasteiger partial charge >= 0.3 is 0 Å². The third kappa shape index (κ3) is 3.40. The van der Waals surface area contributed by atoms with E-state index in [0.29, 0.717) is 0 Å². The zero-order valence-electron chi connectivity index (χ0n) is 8.96. The van der Waals surface area contributed by atoms with Crippen molar-refractivity contribution in [3.8, 4) is 0 Å². The second-order valence-corrected chi connectivity index (χ2v) is 2.67. The minimum absolute atomic E-state index is 0.984. The first-order valence-electron chi connectivity index (χ1n) is 4.49. The van der Waals surface area contributed by atoms with Crippen molar-refractivity contribution < 1.29 is 0 Å². The SMILES string of the molecule is C=C.C=C/C(=C\C)c1ccc(C)cn1. The monoisotopic (exact) mass is 187 g/mol. The average Bonchev–Trinajstić information content (AvgIpc) is 2.25. The van der Waals surface area contributed by atoms with E-state index in [1.807, 2.05) is 38.3 Å². The molecule has 0 aliphatic heterocycles. The lowest BCUT2D eigenvalue weighted by Crippen LogP contribution is -1.86. The summed E-state index contributed by atoms with van der Waals surface area (Å²) in [4.78, 5) is 4.28. The van der Waals surface area contributed by atoms with Gasteiger partial charge in [0.2, 0.25) is 0 Å². The van der Waals surface area contributed by atoms with Crippen molar-refractivity contribution >= 4 is 5.57 Å². The summed E-state index contributed by atoms with van der Waals surface area (Å²) >= 11 is 0. The van der Waals surface area contributed by atoms with Crippen LogP contribution in [-0.2, 0) is 0 Å². The molecule has 0 aromatic carbocycles. The molecule has 14 heavy (non-hydrogen) atoms. The number of hydrogen-bond donors (Lipinski definition) is 0. The highest BCUT2D eigenvalue weighted by atomic mass is 14.7. The van der Waals surface area contributed by atoms with Crippen LogP contribution >= 0.6 is 0 Å². The minimum Gasteiger partial charge on any atom is -0.256 e. The summed E-state index contributed by atoms with van der Waals surface area (Å²) in [5, 5.41) is 0. The van der Waals surface area contributed by atoms with Gasteiger partial charge in [0, 0.05) is 6.20 Å². The molecule has 0 saturated heterocycles. The summed E-state index contributed by atoms with van der Waals surface area (Å²) in [5.41, 5.74) is 3.24. The highest BCUT2D eigenvalue weighted by molar-refractivity contribution is 5.70. The molecular weight excluding hydrogens is 170 g/mol. The Labute approximate surface area is 86.5 Å². The van der Waals surface area contributed by atoms with Crippen molar-refractivity contribution in [2.24, 2.45) is 0 Å². The second kappa shape index (κ2) is 6.84. The Hall–Kier alpha value is -1.63. The van der Waals surface area contributed by atoms with Crippen LogP contribution in [0.25, 0.3) is 5.57 Å². The molecule has 0 N–H and O–H groups in total. The van der Waals surface area contributed by atoms with Gasteiger partial charge in [-0.25, -0.2) is 0 Å². The second-order valence-electron chi connectivity index (χ2n) is 2.67. The number of rotatable bonds is 2. The molecule has 0 aliphatic rings. The molecule has 1 heteroatoms. The van der Waals surface area contributed by atoms with E-state index in [-0.39, 0.29) is 0 Å². The number of hydrogen-bond acceptors (Lipinski definition) is 1. The Bertz CT molecular complexity index is 307. The van der Waals surface area contributed by atoms with Gasteiger partial charge in [-0.3, -0.25) is 4.98 Å². The van der Waals surface area contributed by atoms with E-state index in [9.17, 15) is 0 Å². The predicted molar refractivity (Wildman–Crippen MR) is 64.1 cm³/mol. The molecule has 0 radical (unpaired) electrons. The Morgan fingerprint density at radius 3 is 2.36 bits per heavy atom. The van der Waals surface area contributed by atoms with Crippen LogP contribution in [0.3, 0.4) is 0 Å². The first-order valence-corrected chi connectivity index (χ1v) is 4.49. The first-order chi connectivity index (χ1) is 6.77. The molecule has 0 amide bonds. The first kappa shape index (κ1) is 12.4. The van der Waals surface area contributed by atoms with E-state index in [1.54, 1.807) is 0 Å². The molecule has 0 fully saturated rings. The van der Waals surface area contributed by atoms with Gasteiger partial charge in [0.05, 0.1) is 5.69 Å². The maximum absolute atomic E-state index is 4.28. The zero-order valence-corrected chi connectivity index (χ0v) is 8.96. The van der Waals surface area contributed by atoms with Gasteiger partial charge in [-0.2, -0.15) is 0 Å². The van der Waals surface area contributed by atoms with E-state index in [2.05, 4.69) is 30.8 Å². The van der Waals surface area contributed by atoms with E-state index in [1.165, 1.54) is 5.56 Å². The topological polar surface area (TPSA) is 12.9 Å². The normalized spacial score (nSPS) is 10.0. The van der Waals surface area contributed by atoms with Crippen molar-refractivity contribution in [2.45, 2.75) is 13.8 Å². The standard InChI is InChI=1S/C11H13N.C2H4/c1-4-10(5-2)11-7-6-9(3)8-12-11;1-2/h4-8H,1H2,2-3H3;1-2H2/b10-5+;. The number of aryl methyl sites for hydroxylation is 1.